The van der Waals surface area contributed by atoms with Crippen LogP contribution in [0.4, 0.5) is 5.69 Å². The molecule has 8 heteroatoms. The van der Waals surface area contributed by atoms with Crippen LogP contribution < -0.4 is 5.32 Å². The van der Waals surface area contributed by atoms with Crippen LogP contribution in [0.1, 0.15) is 35.1 Å². The van der Waals surface area contributed by atoms with E-state index in [-0.39, 0.29) is 5.91 Å². The van der Waals surface area contributed by atoms with Crippen LogP contribution >= 0.6 is 0 Å². The average Bonchev–Trinajstić information content (AvgIpc) is 3.18. The van der Waals surface area contributed by atoms with Gasteiger partial charge in [-0.2, -0.15) is 10.3 Å². The van der Waals surface area contributed by atoms with Crippen LogP contribution in [-0.2, 0) is 6.54 Å². The Hall–Kier alpha value is -3.03. The summed E-state index contributed by atoms with van der Waals surface area (Å²) in [5, 5.41) is 21.1. The maximum atomic E-state index is 12.6. The van der Waals surface area contributed by atoms with Crippen molar-refractivity contribution in [1.29, 1.82) is 0 Å². The molecule has 0 aliphatic heterocycles. The molecule has 1 amide bonds. The molecular formula is C16H19N7O. The van der Waals surface area contributed by atoms with Crippen molar-refractivity contribution in [1.82, 2.24) is 30.4 Å². The molecule has 124 valence electrons. The number of amides is 1. The molecular weight excluding hydrogens is 306 g/mol. The minimum absolute atomic E-state index is 0.153. The van der Waals surface area contributed by atoms with Gasteiger partial charge in [0.25, 0.3) is 5.91 Å². The lowest BCUT2D eigenvalue weighted by Crippen LogP contribution is -2.14. The minimum atomic E-state index is -0.153. The maximum absolute atomic E-state index is 12.6. The van der Waals surface area contributed by atoms with Crippen molar-refractivity contribution in [2.45, 2.75) is 33.7 Å². The number of hydrogen-bond donors (Lipinski definition) is 2. The second-order valence-electron chi connectivity index (χ2n) is 5.54. The molecule has 0 aliphatic rings. The van der Waals surface area contributed by atoms with E-state index in [4.69, 9.17) is 0 Å². The summed E-state index contributed by atoms with van der Waals surface area (Å²) in [4.78, 5) is 12.6. The number of aromatic amines is 1. The summed E-state index contributed by atoms with van der Waals surface area (Å²) < 4.78 is 1.88. The Morgan fingerprint density at radius 3 is 2.62 bits per heavy atom. The number of carbonyl (C=O) groups is 1. The van der Waals surface area contributed by atoms with Gasteiger partial charge in [-0.05, 0) is 49.7 Å². The molecule has 2 heterocycles. The fourth-order valence-electron chi connectivity index (χ4n) is 2.64. The summed E-state index contributed by atoms with van der Waals surface area (Å²) in [6.07, 6.45) is 0.973. The van der Waals surface area contributed by atoms with Crippen LogP contribution in [0.25, 0.3) is 11.4 Å². The molecule has 0 fully saturated rings. The fraction of sp³-hybridized carbons (Fsp3) is 0.312. The third kappa shape index (κ3) is 3.03. The standard InChI is InChI=1S/C16H19N7O/c1-4-9-23-11(3)14(10(2)20-23)16(24)17-13-7-5-12(6-8-13)15-18-21-22-19-15/h5-8H,4,9H2,1-3H3,(H,17,24)(H,18,19,21,22). The molecule has 24 heavy (non-hydrogen) atoms. The van der Waals surface area contributed by atoms with Crippen molar-refractivity contribution in [3.05, 3.63) is 41.2 Å². The molecule has 0 radical (unpaired) electrons. The molecule has 0 spiro atoms. The van der Waals surface area contributed by atoms with Gasteiger partial charge in [0.1, 0.15) is 0 Å². The van der Waals surface area contributed by atoms with Crippen molar-refractivity contribution in [2.24, 2.45) is 0 Å². The Morgan fingerprint density at radius 2 is 2.00 bits per heavy atom. The molecule has 3 aromatic rings. The molecule has 0 bridgehead atoms. The second-order valence-corrected chi connectivity index (χ2v) is 5.54. The fourth-order valence-corrected chi connectivity index (χ4v) is 2.64. The number of anilines is 1. The first-order valence-electron chi connectivity index (χ1n) is 7.79. The van der Waals surface area contributed by atoms with Gasteiger partial charge in [-0.15, -0.1) is 10.2 Å². The van der Waals surface area contributed by atoms with E-state index in [1.165, 1.54) is 0 Å². The lowest BCUT2D eigenvalue weighted by atomic mass is 10.1. The SMILES string of the molecule is CCCn1nc(C)c(C(=O)Nc2ccc(-c3nn[nH]n3)cc2)c1C. The molecule has 0 unspecified atom stereocenters. The van der Waals surface area contributed by atoms with E-state index in [0.29, 0.717) is 17.1 Å². The monoisotopic (exact) mass is 325 g/mol. The normalized spacial score (nSPS) is 10.8. The zero-order chi connectivity index (χ0) is 17.1. The highest BCUT2D eigenvalue weighted by molar-refractivity contribution is 6.05. The number of H-pyrrole nitrogens is 1. The van der Waals surface area contributed by atoms with Crippen molar-refractivity contribution in [2.75, 3.05) is 5.32 Å². The lowest BCUT2D eigenvalue weighted by Gasteiger charge is -2.07. The second kappa shape index (κ2) is 6.61. The number of tetrazole rings is 1. The highest BCUT2D eigenvalue weighted by Crippen LogP contribution is 2.19. The number of hydrogen-bond acceptors (Lipinski definition) is 5. The Balaban J connectivity index is 1.78. The van der Waals surface area contributed by atoms with Gasteiger partial charge in [0.2, 0.25) is 5.82 Å². The van der Waals surface area contributed by atoms with E-state index in [1.807, 2.05) is 42.8 Å². The minimum Gasteiger partial charge on any atom is -0.322 e. The zero-order valence-electron chi connectivity index (χ0n) is 13.9. The first-order valence-corrected chi connectivity index (χ1v) is 7.79. The quantitative estimate of drug-likeness (QED) is 0.749. The van der Waals surface area contributed by atoms with Gasteiger partial charge in [-0.3, -0.25) is 9.48 Å². The molecule has 2 N–H and O–H groups in total. The highest BCUT2D eigenvalue weighted by atomic mass is 16.1. The molecule has 3 rings (SSSR count). The summed E-state index contributed by atoms with van der Waals surface area (Å²) in [7, 11) is 0. The summed E-state index contributed by atoms with van der Waals surface area (Å²) in [5.41, 5.74) is 3.78. The number of aromatic nitrogens is 6. The zero-order valence-corrected chi connectivity index (χ0v) is 13.9. The Kier molecular flexibility index (Phi) is 4.37. The van der Waals surface area contributed by atoms with Crippen LogP contribution in [0.5, 0.6) is 0 Å². The third-order valence-corrected chi connectivity index (χ3v) is 3.79. The molecule has 8 nitrogen and oxygen atoms in total. The van der Waals surface area contributed by atoms with Crippen molar-refractivity contribution in [3.8, 4) is 11.4 Å². The molecule has 0 saturated heterocycles. The highest BCUT2D eigenvalue weighted by Gasteiger charge is 2.18. The maximum Gasteiger partial charge on any atom is 0.259 e. The number of nitrogens with one attached hydrogen (secondary N) is 2. The van der Waals surface area contributed by atoms with Gasteiger partial charge < -0.3 is 5.32 Å². The predicted octanol–water partition coefficient (Wildman–Crippen LogP) is 2.34. The molecule has 0 aliphatic carbocycles. The van der Waals surface area contributed by atoms with E-state index in [9.17, 15) is 4.79 Å². The van der Waals surface area contributed by atoms with Gasteiger partial charge in [0.15, 0.2) is 0 Å². The summed E-state index contributed by atoms with van der Waals surface area (Å²) >= 11 is 0. The van der Waals surface area contributed by atoms with Gasteiger partial charge in [0, 0.05) is 23.5 Å². The number of benzene rings is 1. The van der Waals surface area contributed by atoms with Crippen LogP contribution in [0, 0.1) is 13.8 Å². The molecule has 0 atom stereocenters. The van der Waals surface area contributed by atoms with E-state index >= 15 is 0 Å². The largest absolute Gasteiger partial charge is 0.322 e. The molecule has 2 aromatic heterocycles. The summed E-state index contributed by atoms with van der Waals surface area (Å²) in [5.74, 6) is 0.361. The third-order valence-electron chi connectivity index (χ3n) is 3.79. The van der Waals surface area contributed by atoms with E-state index < -0.39 is 0 Å². The molecule has 1 aromatic carbocycles. The first-order chi connectivity index (χ1) is 11.6. The average molecular weight is 325 g/mol. The number of nitrogens with zero attached hydrogens (tertiary/aromatic N) is 5. The smallest absolute Gasteiger partial charge is 0.259 e. The molecule has 0 saturated carbocycles. The summed E-state index contributed by atoms with van der Waals surface area (Å²) in [6, 6.07) is 7.29. The Labute approximate surface area is 139 Å². The first kappa shape index (κ1) is 15.9. The number of rotatable bonds is 5. The van der Waals surface area contributed by atoms with Crippen LogP contribution in [0.15, 0.2) is 24.3 Å². The number of carbonyl (C=O) groups excluding carboxylic acids is 1. The topological polar surface area (TPSA) is 101 Å². The van der Waals surface area contributed by atoms with Gasteiger partial charge in [-0.25, -0.2) is 0 Å². The van der Waals surface area contributed by atoms with Crippen molar-refractivity contribution >= 4 is 11.6 Å². The number of aryl methyl sites for hydroxylation is 2. The van der Waals surface area contributed by atoms with Crippen molar-refractivity contribution < 1.29 is 4.79 Å². The predicted molar refractivity (Wildman–Crippen MR) is 89.6 cm³/mol. The van der Waals surface area contributed by atoms with E-state index in [2.05, 4.69) is 38.0 Å². The van der Waals surface area contributed by atoms with Crippen LogP contribution in [-0.4, -0.2) is 36.3 Å². The summed E-state index contributed by atoms with van der Waals surface area (Å²) in [6.45, 7) is 6.66. The Morgan fingerprint density at radius 1 is 1.25 bits per heavy atom. The van der Waals surface area contributed by atoms with E-state index in [0.717, 1.165) is 29.9 Å². The van der Waals surface area contributed by atoms with Crippen LogP contribution in [0.2, 0.25) is 0 Å². The lowest BCUT2D eigenvalue weighted by molar-refractivity contribution is 0.102. The van der Waals surface area contributed by atoms with Crippen LogP contribution in [0.3, 0.4) is 0 Å². The Bertz CT molecular complexity index is 834. The van der Waals surface area contributed by atoms with E-state index in [1.54, 1.807) is 0 Å². The van der Waals surface area contributed by atoms with Gasteiger partial charge in [0.05, 0.1) is 11.3 Å². The van der Waals surface area contributed by atoms with Crippen molar-refractivity contribution in [3.63, 3.8) is 0 Å². The van der Waals surface area contributed by atoms with Gasteiger partial charge >= 0.3 is 0 Å². The van der Waals surface area contributed by atoms with Gasteiger partial charge in [-0.1, -0.05) is 6.92 Å².